The summed E-state index contributed by atoms with van der Waals surface area (Å²) >= 11 is 1.82. The number of aromatic nitrogens is 2. The van der Waals surface area contributed by atoms with Crippen molar-refractivity contribution in [2.75, 3.05) is 6.54 Å². The highest BCUT2D eigenvalue weighted by atomic mass is 32.2. The molecule has 0 saturated carbocycles. The average Bonchev–Trinajstić information content (AvgIpc) is 3.03. The first-order valence-corrected chi connectivity index (χ1v) is 7.90. The number of rotatable bonds is 5. The standard InChI is InChI=1S/C15H19N3OS/c1-10(2)16-8-7-14-17-18-15(19-14)13-9-11-5-3-4-6-12(11)20-13/h3-6,10,13,16H,7-9H2,1-2H3. The van der Waals surface area contributed by atoms with Crippen LogP contribution in [-0.2, 0) is 12.8 Å². The molecule has 3 rings (SSSR count). The van der Waals surface area contributed by atoms with Gasteiger partial charge in [0.15, 0.2) is 0 Å². The van der Waals surface area contributed by atoms with Crippen molar-refractivity contribution in [3.8, 4) is 0 Å². The molecule has 1 aliphatic rings. The first-order valence-electron chi connectivity index (χ1n) is 7.02. The summed E-state index contributed by atoms with van der Waals surface area (Å²) in [7, 11) is 0. The zero-order chi connectivity index (χ0) is 13.9. The van der Waals surface area contributed by atoms with Gasteiger partial charge in [-0.1, -0.05) is 32.0 Å². The maximum atomic E-state index is 5.80. The van der Waals surface area contributed by atoms with Crippen LogP contribution in [0.1, 0.15) is 36.4 Å². The minimum absolute atomic E-state index is 0.270. The Morgan fingerprint density at radius 2 is 2.20 bits per heavy atom. The van der Waals surface area contributed by atoms with Crippen LogP contribution in [0, 0.1) is 0 Å². The van der Waals surface area contributed by atoms with E-state index < -0.39 is 0 Å². The Kier molecular flexibility index (Phi) is 4.08. The third-order valence-corrected chi connectivity index (χ3v) is 4.60. The van der Waals surface area contributed by atoms with Gasteiger partial charge in [-0.2, -0.15) is 0 Å². The van der Waals surface area contributed by atoms with E-state index in [9.17, 15) is 0 Å². The van der Waals surface area contributed by atoms with E-state index in [1.165, 1.54) is 10.5 Å². The number of benzene rings is 1. The summed E-state index contributed by atoms with van der Waals surface area (Å²) in [5.74, 6) is 1.48. The number of nitrogens with zero attached hydrogens (tertiary/aromatic N) is 2. The molecule has 2 aromatic rings. The predicted octanol–water partition coefficient (Wildman–Crippen LogP) is 3.00. The molecule has 1 N–H and O–H groups in total. The van der Waals surface area contributed by atoms with E-state index in [1.54, 1.807) is 0 Å². The highest BCUT2D eigenvalue weighted by Crippen LogP contribution is 2.45. The van der Waals surface area contributed by atoms with Crippen LogP contribution < -0.4 is 5.32 Å². The second kappa shape index (κ2) is 5.97. The van der Waals surface area contributed by atoms with Crippen molar-refractivity contribution in [2.24, 2.45) is 0 Å². The van der Waals surface area contributed by atoms with Crippen molar-refractivity contribution in [3.05, 3.63) is 41.6 Å². The summed E-state index contributed by atoms with van der Waals surface area (Å²) in [6, 6.07) is 8.97. The van der Waals surface area contributed by atoms with Crippen molar-refractivity contribution in [1.82, 2.24) is 15.5 Å². The number of fused-ring (bicyclic) bond motifs is 1. The highest BCUT2D eigenvalue weighted by Gasteiger charge is 2.27. The van der Waals surface area contributed by atoms with Gasteiger partial charge in [0.05, 0.1) is 5.25 Å². The van der Waals surface area contributed by atoms with Gasteiger partial charge >= 0.3 is 0 Å². The van der Waals surface area contributed by atoms with Crippen LogP contribution in [0.3, 0.4) is 0 Å². The molecular weight excluding hydrogens is 270 g/mol. The van der Waals surface area contributed by atoms with Crippen molar-refractivity contribution in [1.29, 1.82) is 0 Å². The minimum Gasteiger partial charge on any atom is -0.424 e. The van der Waals surface area contributed by atoms with E-state index in [4.69, 9.17) is 4.42 Å². The Morgan fingerprint density at radius 1 is 1.35 bits per heavy atom. The molecular formula is C15H19N3OS. The van der Waals surface area contributed by atoms with E-state index in [-0.39, 0.29) is 5.25 Å². The fourth-order valence-electron chi connectivity index (χ4n) is 2.29. The number of hydrogen-bond acceptors (Lipinski definition) is 5. The molecule has 0 saturated heterocycles. The largest absolute Gasteiger partial charge is 0.424 e. The van der Waals surface area contributed by atoms with E-state index in [1.807, 2.05) is 11.8 Å². The van der Waals surface area contributed by atoms with Crippen LogP contribution in [0.4, 0.5) is 0 Å². The molecule has 4 nitrogen and oxygen atoms in total. The Hall–Kier alpha value is -1.33. The second-order valence-corrected chi connectivity index (χ2v) is 6.56. The number of nitrogens with one attached hydrogen (secondary N) is 1. The van der Waals surface area contributed by atoms with Crippen LogP contribution in [0.15, 0.2) is 33.6 Å². The maximum Gasteiger partial charge on any atom is 0.230 e. The highest BCUT2D eigenvalue weighted by molar-refractivity contribution is 7.99. The lowest BCUT2D eigenvalue weighted by Gasteiger charge is -2.05. The topological polar surface area (TPSA) is 51.0 Å². The lowest BCUT2D eigenvalue weighted by molar-refractivity contribution is 0.437. The van der Waals surface area contributed by atoms with Gasteiger partial charge < -0.3 is 9.73 Å². The fraction of sp³-hybridized carbons (Fsp3) is 0.467. The predicted molar refractivity (Wildman–Crippen MR) is 79.9 cm³/mol. The van der Waals surface area contributed by atoms with Gasteiger partial charge in [-0.05, 0) is 18.1 Å². The van der Waals surface area contributed by atoms with Gasteiger partial charge in [-0.25, -0.2) is 0 Å². The van der Waals surface area contributed by atoms with E-state index >= 15 is 0 Å². The quantitative estimate of drug-likeness (QED) is 0.917. The molecule has 0 fully saturated rings. The molecule has 1 aromatic heterocycles. The third-order valence-electron chi connectivity index (χ3n) is 3.30. The summed E-state index contributed by atoms with van der Waals surface area (Å²) in [5.41, 5.74) is 1.38. The Bertz CT molecular complexity index is 557. The second-order valence-electron chi connectivity index (χ2n) is 5.31. The van der Waals surface area contributed by atoms with Crippen LogP contribution in [0.5, 0.6) is 0 Å². The molecule has 0 spiro atoms. The Labute approximate surface area is 123 Å². The van der Waals surface area contributed by atoms with Gasteiger partial charge in [0.1, 0.15) is 0 Å². The number of hydrogen-bond donors (Lipinski definition) is 1. The van der Waals surface area contributed by atoms with Crippen molar-refractivity contribution in [3.63, 3.8) is 0 Å². The average molecular weight is 289 g/mol. The first kappa shape index (κ1) is 13.6. The Balaban J connectivity index is 1.61. The molecule has 1 aromatic carbocycles. The zero-order valence-corrected chi connectivity index (χ0v) is 12.6. The smallest absolute Gasteiger partial charge is 0.230 e. The summed E-state index contributed by atoms with van der Waals surface area (Å²) in [6.07, 6.45) is 1.77. The minimum atomic E-state index is 0.270. The normalized spacial score (nSPS) is 17.6. The molecule has 1 aliphatic heterocycles. The van der Waals surface area contributed by atoms with Crippen LogP contribution in [0.2, 0.25) is 0 Å². The first-order chi connectivity index (χ1) is 9.72. The SMILES string of the molecule is CC(C)NCCc1nnc(C2Cc3ccccc3S2)o1. The molecule has 1 unspecified atom stereocenters. The van der Waals surface area contributed by atoms with E-state index in [0.29, 0.717) is 6.04 Å². The van der Waals surface area contributed by atoms with Crippen molar-refractivity contribution in [2.45, 2.75) is 42.9 Å². The summed E-state index contributed by atoms with van der Waals surface area (Å²) in [6.45, 7) is 5.13. The van der Waals surface area contributed by atoms with Gasteiger partial charge in [0, 0.05) is 23.9 Å². The van der Waals surface area contributed by atoms with E-state index in [2.05, 4.69) is 53.6 Å². The van der Waals surface area contributed by atoms with Gasteiger partial charge in [-0.15, -0.1) is 22.0 Å². The molecule has 2 heterocycles. The molecule has 0 amide bonds. The van der Waals surface area contributed by atoms with Gasteiger partial charge in [0.2, 0.25) is 11.8 Å². The van der Waals surface area contributed by atoms with Crippen molar-refractivity contribution < 1.29 is 4.42 Å². The summed E-state index contributed by atoms with van der Waals surface area (Å²) in [4.78, 5) is 1.33. The van der Waals surface area contributed by atoms with Crippen LogP contribution in [0.25, 0.3) is 0 Å². The molecule has 0 aliphatic carbocycles. The molecule has 0 radical (unpaired) electrons. The van der Waals surface area contributed by atoms with Gasteiger partial charge in [0.25, 0.3) is 0 Å². The molecule has 5 heteroatoms. The lowest BCUT2D eigenvalue weighted by Crippen LogP contribution is -2.25. The molecule has 106 valence electrons. The van der Waals surface area contributed by atoms with E-state index in [0.717, 1.165) is 31.2 Å². The van der Waals surface area contributed by atoms with Gasteiger partial charge in [-0.3, -0.25) is 0 Å². The molecule has 0 bridgehead atoms. The van der Waals surface area contributed by atoms with Crippen LogP contribution >= 0.6 is 11.8 Å². The Morgan fingerprint density at radius 3 is 3.00 bits per heavy atom. The lowest BCUT2D eigenvalue weighted by atomic mass is 10.1. The fourth-order valence-corrected chi connectivity index (χ4v) is 3.51. The zero-order valence-electron chi connectivity index (χ0n) is 11.8. The molecule has 20 heavy (non-hydrogen) atoms. The summed E-state index contributed by atoms with van der Waals surface area (Å²) < 4.78 is 5.80. The maximum absolute atomic E-state index is 5.80. The summed E-state index contributed by atoms with van der Waals surface area (Å²) in [5, 5.41) is 12.0. The van der Waals surface area contributed by atoms with Crippen molar-refractivity contribution >= 4 is 11.8 Å². The number of thioether (sulfide) groups is 1. The monoisotopic (exact) mass is 289 g/mol. The third kappa shape index (κ3) is 3.04. The van der Waals surface area contributed by atoms with Crippen LogP contribution in [-0.4, -0.2) is 22.8 Å². The molecule has 1 atom stereocenters.